The third-order valence-electron chi connectivity index (χ3n) is 5.11. The van der Waals surface area contributed by atoms with E-state index in [1.165, 1.54) is 11.1 Å². The van der Waals surface area contributed by atoms with Crippen LogP contribution in [0.15, 0.2) is 103 Å². The van der Waals surface area contributed by atoms with E-state index in [4.69, 9.17) is 4.74 Å². The molecule has 2 nitrogen and oxygen atoms in total. The van der Waals surface area contributed by atoms with Gasteiger partial charge < -0.3 is 4.74 Å². The molecule has 0 radical (unpaired) electrons. The summed E-state index contributed by atoms with van der Waals surface area (Å²) in [4.78, 5) is 12.1. The highest BCUT2D eigenvalue weighted by molar-refractivity contribution is 7.56. The van der Waals surface area contributed by atoms with Gasteiger partial charge in [-0.15, -0.1) is 0 Å². The minimum absolute atomic E-state index is 0.0929. The maximum atomic E-state index is 12.1. The third-order valence-corrected chi connectivity index (χ3v) is 6.47. The fraction of sp³-hybridized carbons (Fsp3) is 0.107. The largest absolute Gasteiger partial charge is 0.488 e. The Kier molecular flexibility index (Phi) is 6.92. The van der Waals surface area contributed by atoms with Crippen LogP contribution in [0, 0.1) is 0 Å². The van der Waals surface area contributed by atoms with Gasteiger partial charge in [0.2, 0.25) is 0 Å². The lowest BCUT2D eigenvalue weighted by Gasteiger charge is -2.15. The van der Waals surface area contributed by atoms with Crippen molar-refractivity contribution in [1.29, 1.82) is 0 Å². The first kappa shape index (κ1) is 21.0. The number of carbonyl (C=O) groups is 1. The molecule has 0 aliphatic heterocycles. The summed E-state index contributed by atoms with van der Waals surface area (Å²) in [6.45, 7) is 2.15. The van der Waals surface area contributed by atoms with Crippen LogP contribution in [-0.4, -0.2) is 5.78 Å². The molecule has 0 saturated carbocycles. The number of Topliss-reactive ketones (excluding diaryl/α,β-unsaturated/α-hetero) is 1. The van der Waals surface area contributed by atoms with E-state index in [9.17, 15) is 4.79 Å². The molecular formula is C28H25O2P. The number of carbonyl (C=O) groups excluding carboxylic acids is 1. The number of hydrogen-bond acceptors (Lipinski definition) is 2. The molecule has 0 aromatic heterocycles. The molecule has 0 aliphatic rings. The summed E-state index contributed by atoms with van der Waals surface area (Å²) >= 11 is 0. The summed E-state index contributed by atoms with van der Waals surface area (Å²) in [5.74, 6) is 0.965. The highest BCUT2D eigenvalue weighted by Gasteiger charge is 2.12. The van der Waals surface area contributed by atoms with Crippen LogP contribution in [0.4, 0.5) is 0 Å². The Bertz CT molecular complexity index is 1150. The van der Waals surface area contributed by atoms with Gasteiger partial charge in [-0.25, -0.2) is 0 Å². The van der Waals surface area contributed by atoms with Crippen molar-refractivity contribution in [3.05, 3.63) is 125 Å². The summed E-state index contributed by atoms with van der Waals surface area (Å²) < 4.78 is 6.22. The summed E-state index contributed by atoms with van der Waals surface area (Å²) in [5.41, 5.74) is 4.43. The van der Waals surface area contributed by atoms with Crippen LogP contribution in [-0.2, 0) is 13.0 Å². The first-order valence-corrected chi connectivity index (χ1v) is 11.4. The van der Waals surface area contributed by atoms with Crippen molar-refractivity contribution in [2.75, 3.05) is 0 Å². The molecule has 0 bridgehead atoms. The summed E-state index contributed by atoms with van der Waals surface area (Å²) in [7, 11) is 0.346. The summed E-state index contributed by atoms with van der Waals surface area (Å²) in [5, 5.41) is 2.18. The normalized spacial score (nSPS) is 11.0. The lowest BCUT2D eigenvalue weighted by molar-refractivity contribution is 0.101. The van der Waals surface area contributed by atoms with Crippen molar-refractivity contribution in [3.8, 4) is 5.75 Å². The molecule has 154 valence electrons. The van der Waals surface area contributed by atoms with Gasteiger partial charge in [0.05, 0.1) is 0 Å². The van der Waals surface area contributed by atoms with Crippen LogP contribution in [0.2, 0.25) is 0 Å². The van der Waals surface area contributed by atoms with Gasteiger partial charge in [0.25, 0.3) is 0 Å². The molecule has 0 heterocycles. The van der Waals surface area contributed by atoms with Crippen molar-refractivity contribution in [1.82, 2.24) is 0 Å². The summed E-state index contributed by atoms with van der Waals surface area (Å²) in [6.07, 6.45) is 0.867. The molecule has 31 heavy (non-hydrogen) atoms. The molecular weight excluding hydrogens is 399 g/mol. The van der Waals surface area contributed by atoms with Gasteiger partial charge in [-0.1, -0.05) is 99.6 Å². The molecule has 0 saturated heterocycles. The van der Waals surface area contributed by atoms with Gasteiger partial charge in [-0.3, -0.25) is 4.79 Å². The van der Waals surface area contributed by atoms with E-state index in [0.717, 1.165) is 33.9 Å². The lowest BCUT2D eigenvalue weighted by Crippen LogP contribution is -2.14. The zero-order valence-corrected chi connectivity index (χ0v) is 18.5. The summed E-state index contributed by atoms with van der Waals surface area (Å²) in [6, 6.07) is 34.9. The Morgan fingerprint density at radius 1 is 0.710 bits per heavy atom. The van der Waals surface area contributed by atoms with Crippen LogP contribution in [0.3, 0.4) is 0 Å². The van der Waals surface area contributed by atoms with E-state index in [-0.39, 0.29) is 5.78 Å². The van der Waals surface area contributed by atoms with Crippen molar-refractivity contribution >= 4 is 25.0 Å². The fourth-order valence-corrected chi connectivity index (χ4v) is 4.92. The van der Waals surface area contributed by atoms with Crippen LogP contribution < -0.4 is 15.3 Å². The smallest absolute Gasteiger partial charge is 0.160 e. The van der Waals surface area contributed by atoms with E-state index in [2.05, 4.69) is 54.6 Å². The molecule has 0 N–H and O–H groups in total. The highest BCUT2D eigenvalue weighted by atomic mass is 31.1. The van der Waals surface area contributed by atoms with E-state index in [1.54, 1.807) is 6.92 Å². The topological polar surface area (TPSA) is 26.3 Å². The van der Waals surface area contributed by atoms with Crippen molar-refractivity contribution in [3.63, 3.8) is 0 Å². The van der Waals surface area contributed by atoms with Gasteiger partial charge in [0, 0.05) is 10.9 Å². The van der Waals surface area contributed by atoms with Crippen LogP contribution in [0.5, 0.6) is 5.75 Å². The maximum Gasteiger partial charge on any atom is 0.160 e. The number of ether oxygens (including phenoxy) is 1. The quantitative estimate of drug-likeness (QED) is 0.268. The average molecular weight is 424 g/mol. The van der Waals surface area contributed by atoms with Gasteiger partial charge in [0.1, 0.15) is 12.4 Å². The van der Waals surface area contributed by atoms with Gasteiger partial charge >= 0.3 is 0 Å². The first-order valence-electron chi connectivity index (χ1n) is 10.4. The second-order valence-corrected chi connectivity index (χ2v) is 8.82. The molecule has 3 heteroatoms. The fourth-order valence-electron chi connectivity index (χ4n) is 3.52. The number of benzene rings is 4. The average Bonchev–Trinajstić information content (AvgIpc) is 2.80. The van der Waals surface area contributed by atoms with Gasteiger partial charge in [0.15, 0.2) is 5.78 Å². The van der Waals surface area contributed by atoms with E-state index >= 15 is 0 Å². The minimum Gasteiger partial charge on any atom is -0.488 e. The minimum atomic E-state index is 0.0929. The number of hydrogen-bond donors (Lipinski definition) is 0. The Labute approximate surface area is 185 Å². The molecule has 1 unspecified atom stereocenters. The lowest BCUT2D eigenvalue weighted by atomic mass is 10.1. The van der Waals surface area contributed by atoms with Gasteiger partial charge in [-0.05, 0) is 47.5 Å². The molecule has 0 amide bonds. The SMILES string of the molecule is CC(=O)c1ccccc1Pc1cc(Cc2ccccc2)ccc1OCc1ccccc1. The Hall–Kier alpha value is -3.22. The Morgan fingerprint density at radius 2 is 1.35 bits per heavy atom. The predicted molar refractivity (Wildman–Crippen MR) is 130 cm³/mol. The van der Waals surface area contributed by atoms with E-state index in [0.29, 0.717) is 15.2 Å². The second kappa shape index (κ2) is 10.2. The van der Waals surface area contributed by atoms with Crippen molar-refractivity contribution in [2.45, 2.75) is 20.0 Å². The molecule has 0 aliphatic carbocycles. The van der Waals surface area contributed by atoms with Crippen LogP contribution >= 0.6 is 8.58 Å². The zero-order valence-electron chi connectivity index (χ0n) is 17.5. The van der Waals surface area contributed by atoms with E-state index in [1.807, 2.05) is 48.5 Å². The molecule has 4 aromatic carbocycles. The van der Waals surface area contributed by atoms with Crippen molar-refractivity contribution in [2.24, 2.45) is 0 Å². The second-order valence-electron chi connectivity index (χ2n) is 7.49. The molecule has 4 aromatic rings. The predicted octanol–water partition coefficient (Wildman–Crippen LogP) is 5.69. The standard InChI is InChI=1S/C28H25O2P/c1-21(29)25-14-8-9-15-27(25)31-28-19-24(18-22-10-4-2-5-11-22)16-17-26(28)30-20-23-12-6-3-7-13-23/h2-17,19,31H,18,20H2,1H3. The Morgan fingerprint density at radius 3 is 2.06 bits per heavy atom. The Balaban J connectivity index is 1.64. The van der Waals surface area contributed by atoms with Crippen molar-refractivity contribution < 1.29 is 9.53 Å². The number of ketones is 1. The van der Waals surface area contributed by atoms with Crippen LogP contribution in [0.25, 0.3) is 0 Å². The highest BCUT2D eigenvalue weighted by Crippen LogP contribution is 2.24. The molecule has 1 atom stereocenters. The molecule has 0 fully saturated rings. The van der Waals surface area contributed by atoms with Gasteiger partial charge in [-0.2, -0.15) is 0 Å². The van der Waals surface area contributed by atoms with Crippen LogP contribution in [0.1, 0.15) is 34.0 Å². The molecule has 0 spiro atoms. The third kappa shape index (κ3) is 5.69. The number of rotatable bonds is 8. The maximum absolute atomic E-state index is 12.1. The molecule has 4 rings (SSSR count). The monoisotopic (exact) mass is 424 g/mol. The van der Waals surface area contributed by atoms with E-state index < -0.39 is 0 Å². The first-order chi connectivity index (χ1) is 15.2. The zero-order chi connectivity index (χ0) is 21.5.